The lowest BCUT2D eigenvalue weighted by atomic mass is 9.93. The van der Waals surface area contributed by atoms with Crippen LogP contribution >= 0.6 is 11.3 Å². The highest BCUT2D eigenvalue weighted by molar-refractivity contribution is 7.11. The van der Waals surface area contributed by atoms with E-state index >= 15 is 0 Å². The fourth-order valence-corrected chi connectivity index (χ4v) is 2.98. The van der Waals surface area contributed by atoms with E-state index in [0.29, 0.717) is 11.8 Å². The summed E-state index contributed by atoms with van der Waals surface area (Å²) < 4.78 is 0. The number of nitrogens with one attached hydrogen (secondary N) is 1. The monoisotopic (exact) mass is 268 g/mol. The third-order valence-electron chi connectivity index (χ3n) is 3.56. The van der Waals surface area contributed by atoms with Gasteiger partial charge in [-0.3, -0.25) is 0 Å². The molecule has 1 N–H and O–H groups in total. The highest BCUT2D eigenvalue weighted by Crippen LogP contribution is 2.22. The van der Waals surface area contributed by atoms with E-state index < -0.39 is 0 Å². The fourth-order valence-electron chi connectivity index (χ4n) is 1.90. The Morgan fingerprint density at radius 2 is 1.72 bits per heavy atom. The van der Waals surface area contributed by atoms with E-state index in [1.165, 1.54) is 15.6 Å². The Morgan fingerprint density at radius 3 is 2.22 bits per heavy atom. The summed E-state index contributed by atoms with van der Waals surface area (Å²) in [6.07, 6.45) is 1.11. The number of hydrogen-bond acceptors (Lipinski definition) is 3. The quantitative estimate of drug-likeness (QED) is 0.813. The maximum Gasteiger partial charge on any atom is 0.0933 e. The Balaban J connectivity index is 2.37. The standard InChI is InChI=1S/C15H28N2S/c1-10(2)8-16-9-12(4)11(3)7-15-17-13(5)14(6)18-15/h10-12,16H,7-9H2,1-6H3. The van der Waals surface area contributed by atoms with E-state index in [-0.39, 0.29) is 0 Å². The topological polar surface area (TPSA) is 24.9 Å². The van der Waals surface area contributed by atoms with Crippen LogP contribution in [-0.4, -0.2) is 18.1 Å². The van der Waals surface area contributed by atoms with Crippen molar-refractivity contribution >= 4 is 11.3 Å². The van der Waals surface area contributed by atoms with Crippen molar-refractivity contribution in [3.8, 4) is 0 Å². The molecule has 0 aromatic carbocycles. The first-order chi connectivity index (χ1) is 8.40. The molecule has 0 aliphatic carbocycles. The molecular formula is C15H28N2S. The number of nitrogens with zero attached hydrogens (tertiary/aromatic N) is 1. The third kappa shape index (κ3) is 5.07. The van der Waals surface area contributed by atoms with Gasteiger partial charge in [0.2, 0.25) is 0 Å². The minimum atomic E-state index is 0.689. The first kappa shape index (κ1) is 15.6. The summed E-state index contributed by atoms with van der Waals surface area (Å²) in [6, 6.07) is 0. The minimum absolute atomic E-state index is 0.689. The molecule has 3 heteroatoms. The van der Waals surface area contributed by atoms with Crippen molar-refractivity contribution in [2.75, 3.05) is 13.1 Å². The molecule has 0 saturated heterocycles. The van der Waals surface area contributed by atoms with Gasteiger partial charge in [0.05, 0.1) is 10.7 Å². The molecular weight excluding hydrogens is 240 g/mol. The highest BCUT2D eigenvalue weighted by atomic mass is 32.1. The average molecular weight is 268 g/mol. The summed E-state index contributed by atoms with van der Waals surface area (Å²) in [7, 11) is 0. The second-order valence-electron chi connectivity index (χ2n) is 5.96. The van der Waals surface area contributed by atoms with Gasteiger partial charge in [-0.2, -0.15) is 0 Å². The zero-order valence-electron chi connectivity index (χ0n) is 12.7. The summed E-state index contributed by atoms with van der Waals surface area (Å²) in [5, 5.41) is 4.85. The van der Waals surface area contributed by atoms with Gasteiger partial charge in [0.15, 0.2) is 0 Å². The van der Waals surface area contributed by atoms with Crippen molar-refractivity contribution in [3.63, 3.8) is 0 Å². The molecule has 1 aromatic heterocycles. The third-order valence-corrected chi connectivity index (χ3v) is 4.65. The van der Waals surface area contributed by atoms with Gasteiger partial charge < -0.3 is 5.32 Å². The Hall–Kier alpha value is -0.410. The Morgan fingerprint density at radius 1 is 1.06 bits per heavy atom. The van der Waals surface area contributed by atoms with Crippen LogP contribution in [0.2, 0.25) is 0 Å². The van der Waals surface area contributed by atoms with E-state index in [2.05, 4.69) is 51.8 Å². The van der Waals surface area contributed by atoms with Crippen LogP contribution in [0.15, 0.2) is 0 Å². The van der Waals surface area contributed by atoms with Crippen molar-refractivity contribution in [2.24, 2.45) is 17.8 Å². The lowest BCUT2D eigenvalue weighted by Crippen LogP contribution is -2.28. The second-order valence-corrected chi connectivity index (χ2v) is 7.25. The van der Waals surface area contributed by atoms with E-state index in [1.807, 2.05) is 11.3 Å². The van der Waals surface area contributed by atoms with Crippen molar-refractivity contribution in [3.05, 3.63) is 15.6 Å². The second kappa shape index (κ2) is 7.25. The summed E-state index contributed by atoms with van der Waals surface area (Å²) in [5.41, 5.74) is 1.20. The van der Waals surface area contributed by atoms with Crippen LogP contribution in [0.25, 0.3) is 0 Å². The predicted molar refractivity (Wildman–Crippen MR) is 81.3 cm³/mol. The fraction of sp³-hybridized carbons (Fsp3) is 0.800. The van der Waals surface area contributed by atoms with E-state index in [1.54, 1.807) is 0 Å². The zero-order chi connectivity index (χ0) is 13.7. The Kier molecular flexibility index (Phi) is 6.30. The Labute approximate surface area is 116 Å². The van der Waals surface area contributed by atoms with Gasteiger partial charge >= 0.3 is 0 Å². The van der Waals surface area contributed by atoms with Crippen molar-refractivity contribution in [1.29, 1.82) is 0 Å². The normalized spacial score (nSPS) is 15.1. The largest absolute Gasteiger partial charge is 0.316 e. The van der Waals surface area contributed by atoms with E-state index in [4.69, 9.17) is 0 Å². The SMILES string of the molecule is Cc1nc(CC(C)C(C)CNCC(C)C)sc1C. The number of thiazole rings is 1. The molecule has 0 aliphatic heterocycles. The maximum absolute atomic E-state index is 4.64. The zero-order valence-corrected chi connectivity index (χ0v) is 13.5. The molecule has 2 unspecified atom stereocenters. The van der Waals surface area contributed by atoms with Crippen LogP contribution in [0, 0.1) is 31.6 Å². The molecule has 0 amide bonds. The molecule has 1 aromatic rings. The summed E-state index contributed by atoms with van der Waals surface area (Å²) in [6.45, 7) is 15.7. The van der Waals surface area contributed by atoms with Crippen LogP contribution < -0.4 is 5.32 Å². The summed E-state index contributed by atoms with van der Waals surface area (Å²) in [5.74, 6) is 2.12. The molecule has 2 atom stereocenters. The first-order valence-corrected chi connectivity index (χ1v) is 7.85. The van der Waals surface area contributed by atoms with Gasteiger partial charge in [0.1, 0.15) is 0 Å². The first-order valence-electron chi connectivity index (χ1n) is 7.03. The Bertz CT molecular complexity index is 338. The molecule has 0 spiro atoms. The molecule has 0 fully saturated rings. The average Bonchev–Trinajstić information content (AvgIpc) is 2.57. The lowest BCUT2D eigenvalue weighted by molar-refractivity contribution is 0.357. The molecule has 104 valence electrons. The highest BCUT2D eigenvalue weighted by Gasteiger charge is 2.15. The summed E-state index contributed by atoms with van der Waals surface area (Å²) in [4.78, 5) is 6.00. The lowest BCUT2D eigenvalue weighted by Gasteiger charge is -2.20. The molecule has 0 bridgehead atoms. The predicted octanol–water partition coefficient (Wildman–Crippen LogP) is 3.82. The number of aromatic nitrogens is 1. The minimum Gasteiger partial charge on any atom is -0.316 e. The molecule has 2 nitrogen and oxygen atoms in total. The van der Waals surface area contributed by atoms with Gasteiger partial charge in [0, 0.05) is 11.3 Å². The maximum atomic E-state index is 4.64. The van der Waals surface area contributed by atoms with Gasteiger partial charge in [-0.25, -0.2) is 4.98 Å². The number of aryl methyl sites for hydroxylation is 2. The van der Waals surface area contributed by atoms with Crippen LogP contribution in [0.1, 0.15) is 43.3 Å². The van der Waals surface area contributed by atoms with Crippen LogP contribution in [0.5, 0.6) is 0 Å². The molecule has 1 rings (SSSR count). The van der Waals surface area contributed by atoms with Gasteiger partial charge in [-0.1, -0.05) is 27.7 Å². The van der Waals surface area contributed by atoms with Gasteiger partial charge in [0.25, 0.3) is 0 Å². The van der Waals surface area contributed by atoms with Crippen LogP contribution in [-0.2, 0) is 6.42 Å². The van der Waals surface area contributed by atoms with Crippen molar-refractivity contribution in [1.82, 2.24) is 10.3 Å². The van der Waals surface area contributed by atoms with Crippen molar-refractivity contribution < 1.29 is 0 Å². The smallest absolute Gasteiger partial charge is 0.0933 e. The van der Waals surface area contributed by atoms with Gasteiger partial charge in [-0.15, -0.1) is 11.3 Å². The van der Waals surface area contributed by atoms with Crippen molar-refractivity contribution in [2.45, 2.75) is 48.0 Å². The summed E-state index contributed by atoms with van der Waals surface area (Å²) >= 11 is 1.86. The number of rotatable bonds is 7. The van der Waals surface area contributed by atoms with Gasteiger partial charge in [-0.05, 0) is 44.7 Å². The van der Waals surface area contributed by atoms with E-state index in [0.717, 1.165) is 25.4 Å². The van der Waals surface area contributed by atoms with E-state index in [9.17, 15) is 0 Å². The van der Waals surface area contributed by atoms with Crippen LogP contribution in [0.3, 0.4) is 0 Å². The molecule has 0 aliphatic rings. The van der Waals surface area contributed by atoms with Crippen LogP contribution in [0.4, 0.5) is 0 Å². The molecule has 0 saturated carbocycles. The molecule has 18 heavy (non-hydrogen) atoms. The number of hydrogen-bond donors (Lipinski definition) is 1. The molecule has 1 heterocycles. The molecule has 0 radical (unpaired) electrons.